The molecule has 31 heavy (non-hydrogen) atoms. The first-order valence-electron chi connectivity index (χ1n) is 9.97. The Morgan fingerprint density at radius 1 is 1.03 bits per heavy atom. The molecule has 1 aliphatic carbocycles. The normalized spacial score (nSPS) is 14.2. The molecule has 0 heterocycles. The SMILES string of the molecule is O=C(NN=Cc1cc(Br)ccc1O)C(=O)Nc1ccccc1C(=O)NC1CCCCC1. The van der Waals surface area contributed by atoms with E-state index in [-0.39, 0.29) is 28.9 Å². The molecular weight excluding hydrogens is 464 g/mol. The highest BCUT2D eigenvalue weighted by Gasteiger charge is 2.20. The van der Waals surface area contributed by atoms with Gasteiger partial charge in [-0.2, -0.15) is 5.10 Å². The number of nitrogens with one attached hydrogen (secondary N) is 3. The van der Waals surface area contributed by atoms with Gasteiger partial charge in [0.1, 0.15) is 5.75 Å². The van der Waals surface area contributed by atoms with Crippen LogP contribution in [0.5, 0.6) is 5.75 Å². The van der Waals surface area contributed by atoms with Crippen molar-refractivity contribution in [1.29, 1.82) is 0 Å². The average molecular weight is 487 g/mol. The van der Waals surface area contributed by atoms with Crippen molar-refractivity contribution in [3.8, 4) is 5.75 Å². The number of hydrogen-bond donors (Lipinski definition) is 4. The van der Waals surface area contributed by atoms with Crippen LogP contribution in [-0.2, 0) is 9.59 Å². The summed E-state index contributed by atoms with van der Waals surface area (Å²) in [4.78, 5) is 37.0. The number of anilines is 1. The fourth-order valence-electron chi connectivity index (χ4n) is 3.32. The van der Waals surface area contributed by atoms with E-state index in [0.717, 1.165) is 30.2 Å². The monoisotopic (exact) mass is 486 g/mol. The minimum atomic E-state index is -1.01. The van der Waals surface area contributed by atoms with Gasteiger partial charge in [0.15, 0.2) is 0 Å². The summed E-state index contributed by atoms with van der Waals surface area (Å²) in [5, 5.41) is 18.9. The van der Waals surface area contributed by atoms with Gasteiger partial charge in [-0.05, 0) is 43.2 Å². The van der Waals surface area contributed by atoms with Crippen LogP contribution in [0.4, 0.5) is 5.69 Å². The Morgan fingerprint density at radius 3 is 2.55 bits per heavy atom. The zero-order valence-corrected chi connectivity index (χ0v) is 18.3. The summed E-state index contributed by atoms with van der Waals surface area (Å²) in [5.74, 6) is -2.28. The first-order valence-corrected chi connectivity index (χ1v) is 10.8. The predicted molar refractivity (Wildman–Crippen MR) is 121 cm³/mol. The predicted octanol–water partition coefficient (Wildman–Crippen LogP) is 3.31. The highest BCUT2D eigenvalue weighted by molar-refractivity contribution is 9.10. The zero-order valence-electron chi connectivity index (χ0n) is 16.7. The minimum Gasteiger partial charge on any atom is -0.507 e. The van der Waals surface area contributed by atoms with Crippen molar-refractivity contribution in [2.75, 3.05) is 5.32 Å². The maximum atomic E-state index is 12.7. The highest BCUT2D eigenvalue weighted by Crippen LogP contribution is 2.21. The van der Waals surface area contributed by atoms with Crippen LogP contribution < -0.4 is 16.1 Å². The molecule has 2 aromatic rings. The van der Waals surface area contributed by atoms with Crippen molar-refractivity contribution < 1.29 is 19.5 Å². The van der Waals surface area contributed by atoms with E-state index in [1.54, 1.807) is 36.4 Å². The van der Waals surface area contributed by atoms with Gasteiger partial charge in [-0.1, -0.05) is 47.3 Å². The Bertz CT molecular complexity index is 1000. The summed E-state index contributed by atoms with van der Waals surface area (Å²) < 4.78 is 0.721. The summed E-state index contributed by atoms with van der Waals surface area (Å²) in [6, 6.07) is 11.4. The third-order valence-corrected chi connectivity index (χ3v) is 5.42. The number of benzene rings is 2. The lowest BCUT2D eigenvalue weighted by molar-refractivity contribution is -0.136. The van der Waals surface area contributed by atoms with Crippen molar-refractivity contribution in [3.05, 3.63) is 58.1 Å². The van der Waals surface area contributed by atoms with Crippen molar-refractivity contribution in [2.24, 2.45) is 5.10 Å². The number of carbonyl (C=O) groups is 3. The van der Waals surface area contributed by atoms with Gasteiger partial charge in [0.2, 0.25) is 0 Å². The number of para-hydroxylation sites is 1. The van der Waals surface area contributed by atoms with Crippen LogP contribution in [0.15, 0.2) is 52.0 Å². The number of amides is 3. The Balaban J connectivity index is 1.60. The molecule has 0 bridgehead atoms. The molecule has 4 N–H and O–H groups in total. The third-order valence-electron chi connectivity index (χ3n) is 4.93. The average Bonchev–Trinajstić information content (AvgIpc) is 2.77. The molecule has 2 aromatic carbocycles. The van der Waals surface area contributed by atoms with Gasteiger partial charge in [-0.25, -0.2) is 5.43 Å². The molecule has 8 nitrogen and oxygen atoms in total. The number of phenols is 1. The molecule has 0 radical (unpaired) electrons. The minimum absolute atomic E-state index is 0.0245. The van der Waals surface area contributed by atoms with Crippen LogP contribution in [0.2, 0.25) is 0 Å². The topological polar surface area (TPSA) is 120 Å². The van der Waals surface area contributed by atoms with Crippen LogP contribution in [0.25, 0.3) is 0 Å². The van der Waals surface area contributed by atoms with Crippen molar-refractivity contribution in [2.45, 2.75) is 38.1 Å². The smallest absolute Gasteiger partial charge is 0.329 e. The molecule has 0 aromatic heterocycles. The van der Waals surface area contributed by atoms with Crippen LogP contribution in [0.1, 0.15) is 48.0 Å². The number of phenolic OH excluding ortho intramolecular Hbond substituents is 1. The van der Waals surface area contributed by atoms with Crippen molar-refractivity contribution >= 4 is 45.6 Å². The third kappa shape index (κ3) is 6.39. The van der Waals surface area contributed by atoms with E-state index in [2.05, 4.69) is 37.1 Å². The van der Waals surface area contributed by atoms with Gasteiger partial charge in [0.05, 0.1) is 17.5 Å². The van der Waals surface area contributed by atoms with Gasteiger partial charge >= 0.3 is 11.8 Å². The van der Waals surface area contributed by atoms with E-state index >= 15 is 0 Å². The Hall–Kier alpha value is -3.20. The lowest BCUT2D eigenvalue weighted by Gasteiger charge is -2.23. The van der Waals surface area contributed by atoms with Gasteiger partial charge in [-0.3, -0.25) is 14.4 Å². The number of hydrogen-bond acceptors (Lipinski definition) is 5. The van der Waals surface area contributed by atoms with Crippen molar-refractivity contribution in [1.82, 2.24) is 10.7 Å². The first kappa shape index (κ1) is 22.5. The van der Waals surface area contributed by atoms with Crippen LogP contribution in [-0.4, -0.2) is 35.1 Å². The summed E-state index contributed by atoms with van der Waals surface area (Å²) in [7, 11) is 0. The molecular formula is C22H23BrN4O4. The van der Waals surface area contributed by atoms with E-state index in [0.29, 0.717) is 5.56 Å². The Kier molecular flexibility index (Phi) is 7.77. The standard InChI is InChI=1S/C22H23BrN4O4/c23-15-10-11-19(28)14(12-15)13-24-27-22(31)21(30)26-18-9-5-4-8-17(18)20(29)25-16-6-2-1-3-7-16/h4-5,8-13,16,28H,1-3,6-7H2,(H,25,29)(H,26,30)(H,27,31). The lowest BCUT2D eigenvalue weighted by Crippen LogP contribution is -2.37. The van der Waals surface area contributed by atoms with E-state index < -0.39 is 11.8 Å². The number of carbonyl (C=O) groups excluding carboxylic acids is 3. The second kappa shape index (κ2) is 10.7. The Labute approximate surface area is 188 Å². The molecule has 0 spiro atoms. The molecule has 0 saturated heterocycles. The zero-order chi connectivity index (χ0) is 22.2. The molecule has 9 heteroatoms. The number of halogens is 1. The molecule has 0 atom stereocenters. The van der Waals surface area contributed by atoms with Crippen LogP contribution >= 0.6 is 15.9 Å². The summed E-state index contributed by atoms with van der Waals surface area (Å²) in [5.41, 5.74) is 2.99. The summed E-state index contributed by atoms with van der Waals surface area (Å²) in [6.45, 7) is 0. The quantitative estimate of drug-likeness (QED) is 0.294. The second-order valence-electron chi connectivity index (χ2n) is 7.21. The maximum Gasteiger partial charge on any atom is 0.329 e. The van der Waals surface area contributed by atoms with Gasteiger partial charge < -0.3 is 15.7 Å². The first-order chi connectivity index (χ1) is 14.9. The van der Waals surface area contributed by atoms with Gasteiger partial charge in [-0.15, -0.1) is 0 Å². The molecule has 0 aliphatic heterocycles. The van der Waals surface area contributed by atoms with E-state index in [4.69, 9.17) is 0 Å². The fourth-order valence-corrected chi connectivity index (χ4v) is 3.70. The van der Waals surface area contributed by atoms with Crippen LogP contribution in [0.3, 0.4) is 0 Å². The molecule has 162 valence electrons. The number of aromatic hydroxyl groups is 1. The second-order valence-corrected chi connectivity index (χ2v) is 8.13. The van der Waals surface area contributed by atoms with Gasteiger partial charge in [0.25, 0.3) is 5.91 Å². The number of rotatable bonds is 5. The highest BCUT2D eigenvalue weighted by atomic mass is 79.9. The number of hydrazone groups is 1. The Morgan fingerprint density at radius 2 is 1.77 bits per heavy atom. The van der Waals surface area contributed by atoms with E-state index in [1.165, 1.54) is 18.7 Å². The fraction of sp³-hybridized carbons (Fsp3) is 0.273. The van der Waals surface area contributed by atoms with Gasteiger partial charge in [0, 0.05) is 16.1 Å². The van der Waals surface area contributed by atoms with E-state index in [1.807, 2.05) is 0 Å². The lowest BCUT2D eigenvalue weighted by atomic mass is 9.95. The molecule has 3 amide bonds. The van der Waals surface area contributed by atoms with Crippen molar-refractivity contribution in [3.63, 3.8) is 0 Å². The summed E-state index contributed by atoms with van der Waals surface area (Å²) in [6.07, 6.45) is 6.44. The maximum absolute atomic E-state index is 12.7. The molecule has 0 unspecified atom stereocenters. The molecule has 1 fully saturated rings. The molecule has 1 saturated carbocycles. The van der Waals surface area contributed by atoms with E-state index in [9.17, 15) is 19.5 Å². The largest absolute Gasteiger partial charge is 0.507 e. The number of nitrogens with zero attached hydrogens (tertiary/aromatic N) is 1. The summed E-state index contributed by atoms with van der Waals surface area (Å²) >= 11 is 3.27. The molecule has 1 aliphatic rings. The van der Waals surface area contributed by atoms with Crippen LogP contribution in [0, 0.1) is 0 Å². The molecule has 3 rings (SSSR count).